The van der Waals surface area contributed by atoms with Crippen molar-refractivity contribution in [2.24, 2.45) is 0 Å². The molecule has 0 atom stereocenters. The van der Waals surface area contributed by atoms with Gasteiger partial charge in [-0.15, -0.1) is 0 Å². The summed E-state index contributed by atoms with van der Waals surface area (Å²) in [6.45, 7) is 2.12. The molecule has 3 aromatic rings. The normalized spacial score (nSPS) is 15.4. The predicted molar refractivity (Wildman–Crippen MR) is 114 cm³/mol. The van der Waals surface area contributed by atoms with Gasteiger partial charge in [-0.05, 0) is 55.5 Å². The van der Waals surface area contributed by atoms with E-state index in [-0.39, 0.29) is 5.56 Å². The zero-order valence-corrected chi connectivity index (χ0v) is 15.9. The molecule has 0 unspecified atom stereocenters. The molecule has 0 saturated heterocycles. The van der Waals surface area contributed by atoms with Crippen LogP contribution in [-0.4, -0.2) is 26.8 Å². The molecule has 2 aromatic carbocycles. The second-order valence-electron chi connectivity index (χ2n) is 7.75. The summed E-state index contributed by atoms with van der Waals surface area (Å²) in [5.74, 6) is -0.436. The van der Waals surface area contributed by atoms with Crippen LogP contribution in [0.25, 0.3) is 11.0 Å². The Bertz CT molecular complexity index is 1170. The fourth-order valence-electron chi connectivity index (χ4n) is 4.53. The van der Waals surface area contributed by atoms with E-state index < -0.39 is 11.5 Å². The maximum absolute atomic E-state index is 12.7. The highest BCUT2D eigenvalue weighted by molar-refractivity contribution is 6.32. The Kier molecular flexibility index (Phi) is 4.00. The van der Waals surface area contributed by atoms with Gasteiger partial charge in [0.2, 0.25) is 0 Å². The Morgan fingerprint density at radius 3 is 2.75 bits per heavy atom. The molecule has 0 radical (unpaired) electrons. The zero-order valence-electron chi connectivity index (χ0n) is 15.9. The summed E-state index contributed by atoms with van der Waals surface area (Å²) in [6, 6.07) is 11.3. The third-order valence-electron chi connectivity index (χ3n) is 5.74. The van der Waals surface area contributed by atoms with Gasteiger partial charge in [0.1, 0.15) is 19.0 Å². The van der Waals surface area contributed by atoms with Crippen molar-refractivity contribution in [2.75, 3.05) is 23.3 Å². The average Bonchev–Trinajstić information content (AvgIpc) is 2.68. The fourth-order valence-corrected chi connectivity index (χ4v) is 4.53. The molecule has 5 nitrogen and oxygen atoms in total. The topological polar surface area (TPSA) is 62.6 Å². The zero-order chi connectivity index (χ0) is 19.3. The summed E-state index contributed by atoms with van der Waals surface area (Å²) >= 11 is 0. The maximum atomic E-state index is 12.7. The van der Waals surface area contributed by atoms with Crippen molar-refractivity contribution in [2.45, 2.75) is 25.7 Å². The molecule has 0 aliphatic carbocycles. The highest BCUT2D eigenvalue weighted by atomic mass is 16.4. The summed E-state index contributed by atoms with van der Waals surface area (Å²) in [6.07, 6.45) is 4.13. The second-order valence-corrected chi connectivity index (χ2v) is 7.75. The van der Waals surface area contributed by atoms with Gasteiger partial charge in [-0.25, -0.2) is 4.79 Å². The number of nitrogens with one attached hydrogen (secondary N) is 1. The van der Waals surface area contributed by atoms with Gasteiger partial charge in [-0.3, -0.25) is 4.79 Å². The molecular weight excluding hydrogens is 351 g/mol. The fraction of sp³-hybridized carbons (Fsp3) is 0.273. The molecule has 140 valence electrons. The quantitative estimate of drug-likeness (QED) is 0.552. The van der Waals surface area contributed by atoms with Crippen LogP contribution in [0.15, 0.2) is 45.6 Å². The number of aryl methyl sites for hydroxylation is 2. The predicted octanol–water partition coefficient (Wildman–Crippen LogP) is 2.00. The maximum Gasteiger partial charge on any atom is 0.349 e. The monoisotopic (exact) mass is 372 g/mol. The van der Waals surface area contributed by atoms with Crippen molar-refractivity contribution >= 4 is 41.6 Å². The van der Waals surface area contributed by atoms with Crippen LogP contribution in [0.4, 0.5) is 11.4 Å². The molecule has 1 amide bonds. The van der Waals surface area contributed by atoms with Crippen LogP contribution >= 0.6 is 0 Å². The van der Waals surface area contributed by atoms with Crippen molar-refractivity contribution < 1.29 is 9.21 Å². The molecule has 2 aliphatic rings. The molecule has 2 aliphatic heterocycles. The number of anilines is 2. The number of carbonyl (C=O) groups is 1. The van der Waals surface area contributed by atoms with Crippen molar-refractivity contribution in [3.05, 3.63) is 63.5 Å². The molecule has 0 bridgehead atoms. The van der Waals surface area contributed by atoms with Gasteiger partial charge in [0.05, 0.1) is 0 Å². The Labute approximate surface area is 163 Å². The lowest BCUT2D eigenvalue weighted by Gasteiger charge is -2.37. The minimum absolute atomic E-state index is 0.0460. The van der Waals surface area contributed by atoms with E-state index >= 15 is 0 Å². The van der Waals surface area contributed by atoms with Crippen LogP contribution in [0, 0.1) is 0 Å². The third kappa shape index (κ3) is 2.80. The van der Waals surface area contributed by atoms with Crippen molar-refractivity contribution in [3.8, 4) is 0 Å². The lowest BCUT2D eigenvalue weighted by atomic mass is 9.90. The molecule has 6 heteroatoms. The van der Waals surface area contributed by atoms with Crippen molar-refractivity contribution in [3.63, 3.8) is 0 Å². The Hall–Kier alpha value is -3.02. The summed E-state index contributed by atoms with van der Waals surface area (Å²) in [5, 5.41) is 3.65. The van der Waals surface area contributed by atoms with Gasteiger partial charge in [-0.2, -0.15) is 0 Å². The minimum atomic E-state index is -0.582. The van der Waals surface area contributed by atoms with E-state index in [2.05, 4.69) is 16.3 Å². The van der Waals surface area contributed by atoms with Gasteiger partial charge in [0, 0.05) is 35.4 Å². The van der Waals surface area contributed by atoms with E-state index in [1.807, 2.05) is 32.1 Å². The molecule has 3 heterocycles. The van der Waals surface area contributed by atoms with Crippen LogP contribution in [0.1, 0.15) is 34.3 Å². The van der Waals surface area contributed by atoms with E-state index in [9.17, 15) is 9.59 Å². The van der Waals surface area contributed by atoms with E-state index in [1.54, 1.807) is 6.07 Å². The van der Waals surface area contributed by atoms with Gasteiger partial charge in [-0.1, -0.05) is 17.6 Å². The van der Waals surface area contributed by atoms with E-state index in [1.165, 1.54) is 11.3 Å². The summed E-state index contributed by atoms with van der Waals surface area (Å²) in [5.41, 5.74) is 5.49. The first kappa shape index (κ1) is 17.1. The van der Waals surface area contributed by atoms with Crippen LogP contribution in [0.3, 0.4) is 0 Å². The molecule has 1 N–H and O–H groups in total. The third-order valence-corrected chi connectivity index (χ3v) is 5.74. The number of hydrogen-bond acceptors (Lipinski definition) is 4. The number of hydrogen-bond donors (Lipinski definition) is 1. The standard InChI is InChI=1S/C22H21BN2O3/c23-15-5-1-6-16(12-15)24-21(26)18-11-14-10-13-4-2-8-25-9-3-7-17(19(13)25)20(14)28-22(18)27/h1,5-6,10-12H,2-4,7-9,23H2,(H,24,26). The SMILES string of the molecule is Bc1cccc(NC(=O)c2cc3cc4c5c(c3oc2=O)CCCN5CCC4)c1. The van der Waals surface area contributed by atoms with Gasteiger partial charge < -0.3 is 14.6 Å². The van der Waals surface area contributed by atoms with Gasteiger partial charge in [0.25, 0.3) is 5.91 Å². The highest BCUT2D eigenvalue weighted by Crippen LogP contribution is 2.39. The Morgan fingerprint density at radius 2 is 1.93 bits per heavy atom. The second kappa shape index (κ2) is 6.55. The van der Waals surface area contributed by atoms with E-state index in [0.717, 1.165) is 55.2 Å². The van der Waals surface area contributed by atoms with E-state index in [0.29, 0.717) is 11.3 Å². The van der Waals surface area contributed by atoms with Crippen molar-refractivity contribution in [1.82, 2.24) is 0 Å². The Balaban J connectivity index is 1.60. The van der Waals surface area contributed by atoms with Crippen LogP contribution < -0.4 is 21.3 Å². The molecule has 1 aromatic heterocycles. The molecular formula is C22H21BN2O3. The number of benzene rings is 2. The van der Waals surface area contributed by atoms with Crippen LogP contribution in [0.2, 0.25) is 0 Å². The largest absolute Gasteiger partial charge is 0.422 e. The van der Waals surface area contributed by atoms with Crippen LogP contribution in [-0.2, 0) is 12.8 Å². The number of fused-ring (bicyclic) bond motifs is 2. The van der Waals surface area contributed by atoms with Gasteiger partial charge in [0.15, 0.2) is 0 Å². The van der Waals surface area contributed by atoms with Gasteiger partial charge >= 0.3 is 5.63 Å². The highest BCUT2D eigenvalue weighted by Gasteiger charge is 2.27. The average molecular weight is 372 g/mol. The first-order valence-electron chi connectivity index (χ1n) is 9.86. The lowest BCUT2D eigenvalue weighted by molar-refractivity contribution is 0.102. The molecule has 5 rings (SSSR count). The molecule has 0 fully saturated rings. The Morgan fingerprint density at radius 1 is 1.11 bits per heavy atom. The molecule has 28 heavy (non-hydrogen) atoms. The van der Waals surface area contributed by atoms with Crippen molar-refractivity contribution in [1.29, 1.82) is 0 Å². The first-order valence-corrected chi connectivity index (χ1v) is 9.86. The summed E-state index contributed by atoms with van der Waals surface area (Å²) < 4.78 is 5.70. The number of nitrogens with zero attached hydrogens (tertiary/aromatic N) is 1. The number of rotatable bonds is 2. The summed E-state index contributed by atoms with van der Waals surface area (Å²) in [7, 11) is 1.96. The first-order chi connectivity index (χ1) is 13.6. The van der Waals surface area contributed by atoms with E-state index in [4.69, 9.17) is 4.42 Å². The number of carbonyl (C=O) groups excluding carboxylic acids is 1. The molecule has 0 spiro atoms. The lowest BCUT2D eigenvalue weighted by Crippen LogP contribution is -2.34. The smallest absolute Gasteiger partial charge is 0.349 e. The minimum Gasteiger partial charge on any atom is -0.422 e. The molecule has 0 saturated carbocycles. The van der Waals surface area contributed by atoms with Crippen LogP contribution in [0.5, 0.6) is 0 Å². The number of amides is 1. The summed E-state index contributed by atoms with van der Waals surface area (Å²) in [4.78, 5) is 27.8.